The number of carbonyl (C=O) groups excluding carboxylic acids is 1. The minimum absolute atomic E-state index is 0.0235. The van der Waals surface area contributed by atoms with Crippen molar-refractivity contribution in [1.82, 2.24) is 5.32 Å². The predicted octanol–water partition coefficient (Wildman–Crippen LogP) is 2.16. The van der Waals surface area contributed by atoms with Gasteiger partial charge >= 0.3 is 0 Å². The number of rotatable bonds is 3. The molecule has 1 heterocycles. The summed E-state index contributed by atoms with van der Waals surface area (Å²) in [5.74, 6) is -0.104. The molecule has 1 amide bonds. The van der Waals surface area contributed by atoms with E-state index < -0.39 is 0 Å². The SMILES string of the molecule is CC(NC(=O)CCl)c1cccs1. The monoisotopic (exact) mass is 203 g/mol. The average molecular weight is 204 g/mol. The van der Waals surface area contributed by atoms with Crippen LogP contribution in [-0.2, 0) is 4.79 Å². The van der Waals surface area contributed by atoms with Crippen LogP contribution in [0.1, 0.15) is 17.8 Å². The molecule has 1 unspecified atom stereocenters. The van der Waals surface area contributed by atoms with Gasteiger partial charge in [-0.3, -0.25) is 4.79 Å². The second-order valence-corrected chi connectivity index (χ2v) is 3.68. The first-order chi connectivity index (χ1) is 5.74. The van der Waals surface area contributed by atoms with E-state index in [1.54, 1.807) is 11.3 Å². The van der Waals surface area contributed by atoms with Gasteiger partial charge in [0.2, 0.25) is 5.91 Å². The lowest BCUT2D eigenvalue weighted by molar-refractivity contribution is -0.119. The zero-order valence-electron chi connectivity index (χ0n) is 6.71. The average Bonchev–Trinajstić information content (AvgIpc) is 2.56. The van der Waals surface area contributed by atoms with Gasteiger partial charge in [0.25, 0.3) is 0 Å². The molecule has 0 aliphatic heterocycles. The maximum atomic E-state index is 10.9. The highest BCUT2D eigenvalue weighted by Gasteiger charge is 2.08. The molecule has 1 rings (SSSR count). The molecule has 1 atom stereocenters. The van der Waals surface area contributed by atoms with E-state index in [0.29, 0.717) is 0 Å². The van der Waals surface area contributed by atoms with Gasteiger partial charge in [-0.15, -0.1) is 22.9 Å². The van der Waals surface area contributed by atoms with E-state index >= 15 is 0 Å². The molecule has 2 nitrogen and oxygen atoms in total. The quantitative estimate of drug-likeness (QED) is 0.750. The van der Waals surface area contributed by atoms with Crippen LogP contribution in [0.3, 0.4) is 0 Å². The Hall–Kier alpha value is -0.540. The zero-order valence-corrected chi connectivity index (χ0v) is 8.28. The molecule has 0 aliphatic carbocycles. The van der Waals surface area contributed by atoms with Gasteiger partial charge < -0.3 is 5.32 Å². The van der Waals surface area contributed by atoms with E-state index in [1.165, 1.54) is 0 Å². The first-order valence-electron chi connectivity index (χ1n) is 3.62. The second-order valence-electron chi connectivity index (χ2n) is 2.44. The second kappa shape index (κ2) is 4.48. The van der Waals surface area contributed by atoms with Crippen LogP contribution in [0.15, 0.2) is 17.5 Å². The number of amides is 1. The number of alkyl halides is 1. The van der Waals surface area contributed by atoms with Crippen molar-refractivity contribution in [2.45, 2.75) is 13.0 Å². The molecule has 0 radical (unpaired) electrons. The number of nitrogens with one attached hydrogen (secondary N) is 1. The fourth-order valence-corrected chi connectivity index (χ4v) is 1.70. The van der Waals surface area contributed by atoms with E-state index in [4.69, 9.17) is 11.6 Å². The highest BCUT2D eigenvalue weighted by Crippen LogP contribution is 2.17. The summed E-state index contributed by atoms with van der Waals surface area (Å²) in [7, 11) is 0. The topological polar surface area (TPSA) is 29.1 Å². The van der Waals surface area contributed by atoms with Crippen molar-refractivity contribution in [2.75, 3.05) is 5.88 Å². The summed E-state index contributed by atoms with van der Waals surface area (Å²) >= 11 is 6.97. The van der Waals surface area contributed by atoms with Gasteiger partial charge in [-0.1, -0.05) is 6.07 Å². The van der Waals surface area contributed by atoms with Crippen LogP contribution in [0.5, 0.6) is 0 Å². The minimum Gasteiger partial charge on any atom is -0.348 e. The van der Waals surface area contributed by atoms with Crippen LogP contribution in [-0.4, -0.2) is 11.8 Å². The Balaban J connectivity index is 2.49. The molecule has 0 bridgehead atoms. The van der Waals surface area contributed by atoms with Crippen molar-refractivity contribution in [2.24, 2.45) is 0 Å². The summed E-state index contributed by atoms with van der Waals surface area (Å²) in [5.41, 5.74) is 0. The van der Waals surface area contributed by atoms with E-state index in [1.807, 2.05) is 24.4 Å². The Labute approximate surface area is 80.5 Å². The lowest BCUT2D eigenvalue weighted by atomic mass is 10.3. The summed E-state index contributed by atoms with van der Waals surface area (Å²) in [4.78, 5) is 12.0. The van der Waals surface area contributed by atoms with E-state index in [-0.39, 0.29) is 17.8 Å². The van der Waals surface area contributed by atoms with Crippen molar-refractivity contribution >= 4 is 28.8 Å². The van der Waals surface area contributed by atoms with E-state index in [9.17, 15) is 4.79 Å². The Morgan fingerprint density at radius 1 is 1.83 bits per heavy atom. The highest BCUT2D eigenvalue weighted by molar-refractivity contribution is 7.10. The van der Waals surface area contributed by atoms with Crippen LogP contribution in [0.25, 0.3) is 0 Å². The van der Waals surface area contributed by atoms with Gasteiger partial charge in [0.15, 0.2) is 0 Å². The van der Waals surface area contributed by atoms with E-state index in [0.717, 1.165) is 4.88 Å². The van der Waals surface area contributed by atoms with Crippen LogP contribution in [0.4, 0.5) is 0 Å². The molecule has 4 heteroatoms. The Bertz CT molecular complexity index is 248. The molecule has 1 N–H and O–H groups in total. The number of hydrogen-bond acceptors (Lipinski definition) is 2. The van der Waals surface area contributed by atoms with Gasteiger partial charge in [-0.2, -0.15) is 0 Å². The first kappa shape index (κ1) is 9.55. The third-order valence-corrected chi connectivity index (χ3v) is 2.77. The fourth-order valence-electron chi connectivity index (χ4n) is 0.889. The zero-order chi connectivity index (χ0) is 8.97. The number of carbonyl (C=O) groups is 1. The van der Waals surface area contributed by atoms with Gasteiger partial charge in [0.1, 0.15) is 5.88 Å². The van der Waals surface area contributed by atoms with Gasteiger partial charge in [0, 0.05) is 4.88 Å². The molecular weight excluding hydrogens is 194 g/mol. The molecule has 0 saturated heterocycles. The molecule has 12 heavy (non-hydrogen) atoms. The van der Waals surface area contributed by atoms with Crippen molar-refractivity contribution in [3.05, 3.63) is 22.4 Å². The van der Waals surface area contributed by atoms with Crippen LogP contribution < -0.4 is 5.32 Å². The smallest absolute Gasteiger partial charge is 0.235 e. The molecule has 66 valence electrons. The molecule has 1 aromatic heterocycles. The van der Waals surface area contributed by atoms with Crippen molar-refractivity contribution in [3.63, 3.8) is 0 Å². The summed E-state index contributed by atoms with van der Waals surface area (Å²) < 4.78 is 0. The molecule has 0 spiro atoms. The van der Waals surface area contributed by atoms with Crippen molar-refractivity contribution in [3.8, 4) is 0 Å². The van der Waals surface area contributed by atoms with Crippen molar-refractivity contribution in [1.29, 1.82) is 0 Å². The lowest BCUT2D eigenvalue weighted by Crippen LogP contribution is -2.26. The lowest BCUT2D eigenvalue weighted by Gasteiger charge is -2.09. The standard InChI is InChI=1S/C8H10ClNOS/c1-6(10-8(11)5-9)7-3-2-4-12-7/h2-4,6H,5H2,1H3,(H,10,11). The maximum Gasteiger partial charge on any atom is 0.235 e. The summed E-state index contributed by atoms with van der Waals surface area (Å²) in [6.45, 7) is 1.94. The van der Waals surface area contributed by atoms with Crippen LogP contribution in [0.2, 0.25) is 0 Å². The molecule has 0 aliphatic rings. The Morgan fingerprint density at radius 3 is 3.08 bits per heavy atom. The third-order valence-electron chi connectivity index (χ3n) is 1.47. The molecule has 1 aromatic rings. The van der Waals surface area contributed by atoms with Crippen molar-refractivity contribution < 1.29 is 4.79 Å². The van der Waals surface area contributed by atoms with Gasteiger partial charge in [0.05, 0.1) is 6.04 Å². The van der Waals surface area contributed by atoms with Gasteiger partial charge in [-0.25, -0.2) is 0 Å². The van der Waals surface area contributed by atoms with Crippen LogP contribution in [0, 0.1) is 0 Å². The first-order valence-corrected chi connectivity index (χ1v) is 5.04. The highest BCUT2D eigenvalue weighted by atomic mass is 35.5. The number of halogens is 1. The summed E-state index contributed by atoms with van der Waals surface area (Å²) in [6, 6.07) is 4.02. The predicted molar refractivity (Wildman–Crippen MR) is 51.6 cm³/mol. The molecule has 0 saturated carbocycles. The molecule has 0 aromatic carbocycles. The van der Waals surface area contributed by atoms with Crippen LogP contribution >= 0.6 is 22.9 Å². The van der Waals surface area contributed by atoms with E-state index in [2.05, 4.69) is 5.32 Å². The summed E-state index contributed by atoms with van der Waals surface area (Å²) in [5, 5.41) is 4.76. The Kier molecular flexibility index (Phi) is 3.56. The minimum atomic E-state index is -0.127. The molecular formula is C8H10ClNOS. The molecule has 0 fully saturated rings. The number of thiophene rings is 1. The summed E-state index contributed by atoms with van der Waals surface area (Å²) in [6.07, 6.45) is 0. The fraction of sp³-hybridized carbons (Fsp3) is 0.375. The Morgan fingerprint density at radius 2 is 2.58 bits per heavy atom. The maximum absolute atomic E-state index is 10.9. The number of hydrogen-bond donors (Lipinski definition) is 1. The third kappa shape index (κ3) is 2.50. The largest absolute Gasteiger partial charge is 0.348 e. The van der Waals surface area contributed by atoms with Gasteiger partial charge in [-0.05, 0) is 18.4 Å². The normalized spacial score (nSPS) is 12.5.